The zero-order valence-electron chi connectivity index (χ0n) is 13.4. The van der Waals surface area contributed by atoms with Gasteiger partial charge in [0.1, 0.15) is 5.75 Å². The van der Waals surface area contributed by atoms with E-state index in [1.54, 1.807) is 18.3 Å². The van der Waals surface area contributed by atoms with Crippen LogP contribution in [0.2, 0.25) is 5.02 Å². The molecule has 2 aromatic rings. The number of carbonyl (C=O) groups is 1. The van der Waals surface area contributed by atoms with E-state index in [1.807, 2.05) is 35.2 Å². The van der Waals surface area contributed by atoms with Gasteiger partial charge in [0, 0.05) is 38.9 Å². The van der Waals surface area contributed by atoms with Crippen LogP contribution in [0.5, 0.6) is 5.75 Å². The lowest BCUT2D eigenvalue weighted by Crippen LogP contribution is -2.49. The highest BCUT2D eigenvalue weighted by molar-refractivity contribution is 6.32. The minimum absolute atomic E-state index is 0.00703. The molecule has 0 saturated carbocycles. The lowest BCUT2D eigenvalue weighted by Gasteiger charge is -2.34. The van der Waals surface area contributed by atoms with Crippen molar-refractivity contribution in [2.75, 3.05) is 32.8 Å². The van der Waals surface area contributed by atoms with Gasteiger partial charge < -0.3 is 9.64 Å². The number of pyridine rings is 1. The van der Waals surface area contributed by atoms with E-state index in [0.29, 0.717) is 23.9 Å². The molecule has 0 radical (unpaired) electrons. The second-order valence-electron chi connectivity index (χ2n) is 5.70. The van der Waals surface area contributed by atoms with E-state index in [2.05, 4.69) is 9.88 Å². The van der Waals surface area contributed by atoms with Gasteiger partial charge in [-0.3, -0.25) is 14.7 Å². The van der Waals surface area contributed by atoms with Crippen molar-refractivity contribution in [2.45, 2.75) is 6.54 Å². The van der Waals surface area contributed by atoms with Crippen LogP contribution in [0.3, 0.4) is 0 Å². The standard InChI is InChI=1S/C18H20ClN3O2/c19-16-6-1-2-7-17(16)24-14-18(23)22-11-9-21(10-12-22)13-15-5-3-4-8-20-15/h1-8H,9-14H2. The Kier molecular flexibility index (Phi) is 5.67. The number of halogens is 1. The fourth-order valence-electron chi connectivity index (χ4n) is 2.67. The molecule has 1 aliphatic heterocycles. The van der Waals surface area contributed by atoms with Gasteiger partial charge in [-0.1, -0.05) is 29.8 Å². The summed E-state index contributed by atoms with van der Waals surface area (Å²) in [6.45, 7) is 3.93. The molecule has 5 nitrogen and oxygen atoms in total. The summed E-state index contributed by atoms with van der Waals surface area (Å²) in [5.41, 5.74) is 1.05. The number of piperazine rings is 1. The number of hydrogen-bond acceptors (Lipinski definition) is 4. The Labute approximate surface area is 146 Å². The van der Waals surface area contributed by atoms with Gasteiger partial charge in [-0.2, -0.15) is 0 Å². The molecule has 1 amide bonds. The van der Waals surface area contributed by atoms with Crippen molar-refractivity contribution in [3.05, 3.63) is 59.4 Å². The molecule has 1 aliphatic rings. The fraction of sp³-hybridized carbons (Fsp3) is 0.333. The Balaban J connectivity index is 1.44. The van der Waals surface area contributed by atoms with Crippen molar-refractivity contribution < 1.29 is 9.53 Å². The van der Waals surface area contributed by atoms with E-state index in [-0.39, 0.29) is 12.5 Å². The molecule has 0 spiro atoms. The largest absolute Gasteiger partial charge is 0.482 e. The molecule has 126 valence electrons. The maximum Gasteiger partial charge on any atom is 0.260 e. The number of ether oxygens (including phenoxy) is 1. The fourth-order valence-corrected chi connectivity index (χ4v) is 2.86. The van der Waals surface area contributed by atoms with Crippen LogP contribution in [0.1, 0.15) is 5.69 Å². The Morgan fingerprint density at radius 2 is 1.83 bits per heavy atom. The van der Waals surface area contributed by atoms with Crippen LogP contribution < -0.4 is 4.74 Å². The predicted molar refractivity (Wildman–Crippen MR) is 93.0 cm³/mol. The van der Waals surface area contributed by atoms with Crippen LogP contribution in [-0.4, -0.2) is 53.5 Å². The zero-order valence-corrected chi connectivity index (χ0v) is 14.2. The van der Waals surface area contributed by atoms with Crippen molar-refractivity contribution in [3.8, 4) is 5.75 Å². The second-order valence-corrected chi connectivity index (χ2v) is 6.10. The summed E-state index contributed by atoms with van der Waals surface area (Å²) in [6, 6.07) is 13.1. The Hall–Kier alpha value is -2.11. The Bertz CT molecular complexity index is 673. The van der Waals surface area contributed by atoms with E-state index >= 15 is 0 Å². The summed E-state index contributed by atoms with van der Waals surface area (Å²) in [7, 11) is 0. The SMILES string of the molecule is O=C(COc1ccccc1Cl)N1CCN(Cc2ccccn2)CC1. The van der Waals surface area contributed by atoms with Crippen LogP contribution in [-0.2, 0) is 11.3 Å². The summed E-state index contributed by atoms with van der Waals surface area (Å²) in [5.74, 6) is 0.536. The molecule has 2 heterocycles. The highest BCUT2D eigenvalue weighted by Crippen LogP contribution is 2.23. The van der Waals surface area contributed by atoms with Crippen LogP contribution in [0.25, 0.3) is 0 Å². The molecule has 1 aromatic heterocycles. The van der Waals surface area contributed by atoms with Gasteiger partial charge in [0.05, 0.1) is 10.7 Å². The lowest BCUT2D eigenvalue weighted by atomic mass is 10.2. The average molecular weight is 346 g/mol. The van der Waals surface area contributed by atoms with Gasteiger partial charge in [-0.05, 0) is 24.3 Å². The average Bonchev–Trinajstić information content (AvgIpc) is 2.62. The highest BCUT2D eigenvalue weighted by Gasteiger charge is 2.21. The summed E-state index contributed by atoms with van der Waals surface area (Å²) < 4.78 is 5.53. The van der Waals surface area contributed by atoms with E-state index in [9.17, 15) is 4.79 Å². The minimum atomic E-state index is -0.00703. The van der Waals surface area contributed by atoms with Gasteiger partial charge in [-0.25, -0.2) is 0 Å². The topological polar surface area (TPSA) is 45.7 Å². The van der Waals surface area contributed by atoms with Gasteiger partial charge >= 0.3 is 0 Å². The van der Waals surface area contributed by atoms with E-state index in [1.165, 1.54) is 0 Å². The number of amides is 1. The molecule has 0 aliphatic carbocycles. The third-order valence-electron chi connectivity index (χ3n) is 4.02. The number of para-hydroxylation sites is 1. The number of nitrogens with zero attached hydrogens (tertiary/aromatic N) is 3. The van der Waals surface area contributed by atoms with Crippen molar-refractivity contribution in [2.24, 2.45) is 0 Å². The third-order valence-corrected chi connectivity index (χ3v) is 4.34. The maximum absolute atomic E-state index is 12.3. The molecule has 0 unspecified atom stereocenters. The van der Waals surface area contributed by atoms with Crippen molar-refractivity contribution in [1.29, 1.82) is 0 Å². The molecule has 3 rings (SSSR count). The first-order valence-corrected chi connectivity index (χ1v) is 8.37. The molecule has 1 saturated heterocycles. The first-order valence-electron chi connectivity index (χ1n) is 8.00. The molecule has 1 aromatic carbocycles. The summed E-state index contributed by atoms with van der Waals surface area (Å²) in [5, 5.41) is 0.519. The van der Waals surface area contributed by atoms with Crippen LogP contribution in [0, 0.1) is 0 Å². The van der Waals surface area contributed by atoms with Gasteiger partial charge in [0.15, 0.2) is 6.61 Å². The predicted octanol–water partition coefficient (Wildman–Crippen LogP) is 2.46. The molecule has 6 heteroatoms. The number of rotatable bonds is 5. The van der Waals surface area contributed by atoms with E-state index < -0.39 is 0 Å². The molecule has 0 bridgehead atoms. The van der Waals surface area contributed by atoms with Crippen molar-refractivity contribution in [1.82, 2.24) is 14.8 Å². The van der Waals surface area contributed by atoms with Crippen molar-refractivity contribution in [3.63, 3.8) is 0 Å². The number of benzene rings is 1. The summed E-state index contributed by atoms with van der Waals surface area (Å²) in [4.78, 5) is 20.8. The Morgan fingerprint density at radius 1 is 1.08 bits per heavy atom. The quantitative estimate of drug-likeness (QED) is 0.835. The van der Waals surface area contributed by atoms with Gasteiger partial charge in [0.25, 0.3) is 5.91 Å². The molecule has 0 atom stereocenters. The molecular formula is C18H20ClN3O2. The van der Waals surface area contributed by atoms with E-state index in [0.717, 1.165) is 25.3 Å². The molecular weight excluding hydrogens is 326 g/mol. The summed E-state index contributed by atoms with van der Waals surface area (Å²) in [6.07, 6.45) is 1.81. The maximum atomic E-state index is 12.3. The molecule has 24 heavy (non-hydrogen) atoms. The molecule has 1 fully saturated rings. The molecule has 0 N–H and O–H groups in total. The third kappa shape index (κ3) is 4.46. The number of hydrogen-bond donors (Lipinski definition) is 0. The summed E-state index contributed by atoms with van der Waals surface area (Å²) >= 11 is 6.03. The van der Waals surface area contributed by atoms with Crippen LogP contribution in [0.4, 0.5) is 0 Å². The number of carbonyl (C=O) groups excluding carboxylic acids is 1. The normalized spacial score (nSPS) is 15.3. The van der Waals surface area contributed by atoms with Gasteiger partial charge in [0.2, 0.25) is 0 Å². The smallest absolute Gasteiger partial charge is 0.260 e. The number of aromatic nitrogens is 1. The highest BCUT2D eigenvalue weighted by atomic mass is 35.5. The van der Waals surface area contributed by atoms with Crippen LogP contribution in [0.15, 0.2) is 48.7 Å². The first kappa shape index (κ1) is 16.7. The van der Waals surface area contributed by atoms with Gasteiger partial charge in [-0.15, -0.1) is 0 Å². The lowest BCUT2D eigenvalue weighted by molar-refractivity contribution is -0.135. The zero-order chi connectivity index (χ0) is 16.8. The Morgan fingerprint density at radius 3 is 2.54 bits per heavy atom. The van der Waals surface area contributed by atoms with E-state index in [4.69, 9.17) is 16.3 Å². The minimum Gasteiger partial charge on any atom is -0.482 e. The monoisotopic (exact) mass is 345 g/mol. The van der Waals surface area contributed by atoms with Crippen molar-refractivity contribution >= 4 is 17.5 Å². The first-order chi connectivity index (χ1) is 11.7. The van der Waals surface area contributed by atoms with Crippen LogP contribution >= 0.6 is 11.6 Å². The second kappa shape index (κ2) is 8.13.